The predicted octanol–water partition coefficient (Wildman–Crippen LogP) is 2.66. The summed E-state index contributed by atoms with van der Waals surface area (Å²) in [6.07, 6.45) is 5.22. The highest BCUT2D eigenvalue weighted by Crippen LogP contribution is 2.21. The molecule has 1 aromatic heterocycles. The van der Waals surface area contributed by atoms with Crippen LogP contribution in [0.2, 0.25) is 0 Å². The van der Waals surface area contributed by atoms with Crippen molar-refractivity contribution in [2.75, 3.05) is 11.9 Å². The zero-order chi connectivity index (χ0) is 14.4. The second-order valence-corrected chi connectivity index (χ2v) is 5.08. The molecule has 1 atom stereocenters. The van der Waals surface area contributed by atoms with Gasteiger partial charge in [0.1, 0.15) is 0 Å². The molecule has 1 amide bonds. The molecule has 0 saturated carbocycles. The van der Waals surface area contributed by atoms with Gasteiger partial charge in [0.25, 0.3) is 0 Å². The minimum absolute atomic E-state index is 0.0440. The second kappa shape index (κ2) is 7.05. The van der Waals surface area contributed by atoms with Gasteiger partial charge in [-0.1, -0.05) is 25.5 Å². The van der Waals surface area contributed by atoms with E-state index in [-0.39, 0.29) is 5.91 Å². The number of amides is 1. The number of hydrogen-bond donors (Lipinski definition) is 3. The molecule has 2 aromatic rings. The zero-order valence-electron chi connectivity index (χ0n) is 11.9. The molecule has 0 fully saturated rings. The number of aromatic nitrogens is 2. The molecule has 0 aliphatic heterocycles. The Bertz CT molecular complexity index is 564. The molecule has 1 aromatic carbocycles. The van der Waals surface area contributed by atoms with Crippen molar-refractivity contribution in [3.8, 4) is 0 Å². The number of para-hydroxylation sites is 1. The van der Waals surface area contributed by atoms with Crippen LogP contribution in [0.1, 0.15) is 32.6 Å². The lowest BCUT2D eigenvalue weighted by molar-refractivity contribution is -0.116. The molecule has 0 bridgehead atoms. The van der Waals surface area contributed by atoms with Crippen LogP contribution in [0, 0.1) is 5.92 Å². The number of nitrogens with one attached hydrogen (secondary N) is 2. The molecule has 1 unspecified atom stereocenters. The summed E-state index contributed by atoms with van der Waals surface area (Å²) in [6, 6.07) is 5.76. The minimum Gasteiger partial charge on any atom is -0.330 e. The topological polar surface area (TPSA) is 83.8 Å². The number of aromatic amines is 1. The van der Waals surface area contributed by atoms with E-state index in [1.165, 1.54) is 0 Å². The Morgan fingerprint density at radius 3 is 3.05 bits per heavy atom. The highest BCUT2D eigenvalue weighted by Gasteiger charge is 2.10. The Labute approximate surface area is 118 Å². The van der Waals surface area contributed by atoms with Gasteiger partial charge in [-0.3, -0.25) is 9.89 Å². The molecule has 4 N–H and O–H groups in total. The summed E-state index contributed by atoms with van der Waals surface area (Å²) in [7, 11) is 0. The summed E-state index contributed by atoms with van der Waals surface area (Å²) in [5, 5.41) is 10.8. The number of hydrogen-bond acceptors (Lipinski definition) is 3. The number of benzene rings is 1. The van der Waals surface area contributed by atoms with Crippen LogP contribution >= 0.6 is 0 Å². The van der Waals surface area contributed by atoms with E-state index in [2.05, 4.69) is 22.4 Å². The van der Waals surface area contributed by atoms with E-state index in [0.717, 1.165) is 35.9 Å². The van der Waals surface area contributed by atoms with Crippen LogP contribution in [-0.2, 0) is 4.79 Å². The zero-order valence-corrected chi connectivity index (χ0v) is 11.9. The van der Waals surface area contributed by atoms with Gasteiger partial charge in [0.15, 0.2) is 0 Å². The molecular weight excluding hydrogens is 252 g/mol. The van der Waals surface area contributed by atoms with Crippen LogP contribution < -0.4 is 11.1 Å². The van der Waals surface area contributed by atoms with Gasteiger partial charge in [0, 0.05) is 11.8 Å². The van der Waals surface area contributed by atoms with Gasteiger partial charge < -0.3 is 11.1 Å². The van der Waals surface area contributed by atoms with Crippen LogP contribution in [0.25, 0.3) is 10.9 Å². The first-order chi connectivity index (χ1) is 9.74. The van der Waals surface area contributed by atoms with Crippen molar-refractivity contribution < 1.29 is 4.79 Å². The van der Waals surface area contributed by atoms with Crippen LogP contribution in [0.4, 0.5) is 5.69 Å². The monoisotopic (exact) mass is 274 g/mol. The van der Waals surface area contributed by atoms with Gasteiger partial charge in [0.2, 0.25) is 5.91 Å². The first kappa shape index (κ1) is 14.5. The molecule has 108 valence electrons. The minimum atomic E-state index is 0.0440. The molecule has 0 aliphatic rings. The van der Waals surface area contributed by atoms with E-state index >= 15 is 0 Å². The number of fused-ring (bicyclic) bond motifs is 1. The Kier molecular flexibility index (Phi) is 5.12. The predicted molar refractivity (Wildman–Crippen MR) is 81.4 cm³/mol. The molecular formula is C15H22N4O. The fourth-order valence-corrected chi connectivity index (χ4v) is 2.41. The number of rotatable bonds is 7. The molecule has 20 heavy (non-hydrogen) atoms. The second-order valence-electron chi connectivity index (χ2n) is 5.08. The lowest BCUT2D eigenvalue weighted by Crippen LogP contribution is -2.15. The quantitative estimate of drug-likeness (QED) is 0.725. The smallest absolute Gasteiger partial charge is 0.224 e. The number of anilines is 1. The molecule has 5 heteroatoms. The maximum absolute atomic E-state index is 12.0. The highest BCUT2D eigenvalue weighted by atomic mass is 16.1. The van der Waals surface area contributed by atoms with E-state index < -0.39 is 0 Å². The van der Waals surface area contributed by atoms with Crippen LogP contribution in [0.3, 0.4) is 0 Å². The molecule has 5 nitrogen and oxygen atoms in total. The molecule has 1 heterocycles. The van der Waals surface area contributed by atoms with Crippen molar-refractivity contribution in [2.24, 2.45) is 11.7 Å². The third kappa shape index (κ3) is 3.57. The summed E-state index contributed by atoms with van der Waals surface area (Å²) >= 11 is 0. The summed E-state index contributed by atoms with van der Waals surface area (Å²) in [6.45, 7) is 2.83. The first-order valence-corrected chi connectivity index (χ1v) is 7.16. The largest absolute Gasteiger partial charge is 0.330 e. The van der Waals surface area contributed by atoms with Crippen molar-refractivity contribution in [3.05, 3.63) is 24.4 Å². The maximum Gasteiger partial charge on any atom is 0.224 e. The SMILES string of the molecule is CCC(CCN)CCC(=O)Nc1cccc2cn[nH]c12. The maximum atomic E-state index is 12.0. The molecule has 0 aliphatic carbocycles. The number of carbonyl (C=O) groups excluding carboxylic acids is 1. The average Bonchev–Trinajstić information content (AvgIpc) is 2.93. The Hall–Kier alpha value is -1.88. The van der Waals surface area contributed by atoms with Crippen molar-refractivity contribution in [1.82, 2.24) is 10.2 Å². The standard InChI is InChI=1S/C15H22N4O/c1-2-11(8-9-16)6-7-14(20)18-13-5-3-4-12-10-17-19-15(12)13/h3-5,10-11H,2,6-9,16H2,1H3,(H,17,19)(H,18,20). The van der Waals surface area contributed by atoms with Crippen molar-refractivity contribution in [1.29, 1.82) is 0 Å². The summed E-state index contributed by atoms with van der Waals surface area (Å²) < 4.78 is 0. The molecule has 0 saturated heterocycles. The normalized spacial score (nSPS) is 12.5. The number of nitrogens with two attached hydrogens (primary N) is 1. The van der Waals surface area contributed by atoms with Gasteiger partial charge in [-0.15, -0.1) is 0 Å². The highest BCUT2D eigenvalue weighted by molar-refractivity contribution is 6.00. The fourth-order valence-electron chi connectivity index (χ4n) is 2.41. The summed E-state index contributed by atoms with van der Waals surface area (Å²) in [5.41, 5.74) is 7.23. The lowest BCUT2D eigenvalue weighted by atomic mass is 9.96. The Morgan fingerprint density at radius 2 is 2.30 bits per heavy atom. The van der Waals surface area contributed by atoms with Crippen molar-refractivity contribution in [2.45, 2.75) is 32.6 Å². The van der Waals surface area contributed by atoms with Crippen LogP contribution in [-0.4, -0.2) is 22.6 Å². The Balaban J connectivity index is 1.93. The first-order valence-electron chi connectivity index (χ1n) is 7.16. The van der Waals surface area contributed by atoms with E-state index in [1.54, 1.807) is 6.20 Å². The van der Waals surface area contributed by atoms with Crippen molar-refractivity contribution >= 4 is 22.5 Å². The lowest BCUT2D eigenvalue weighted by Gasteiger charge is -2.13. The summed E-state index contributed by atoms with van der Waals surface area (Å²) in [4.78, 5) is 12.0. The Morgan fingerprint density at radius 1 is 1.45 bits per heavy atom. The van der Waals surface area contributed by atoms with Gasteiger partial charge in [-0.2, -0.15) is 5.10 Å². The molecule has 0 radical (unpaired) electrons. The fraction of sp³-hybridized carbons (Fsp3) is 0.467. The van der Waals surface area contributed by atoms with Crippen LogP contribution in [0.5, 0.6) is 0 Å². The van der Waals surface area contributed by atoms with Gasteiger partial charge in [-0.25, -0.2) is 0 Å². The molecule has 0 spiro atoms. The van der Waals surface area contributed by atoms with E-state index in [9.17, 15) is 4.79 Å². The van der Waals surface area contributed by atoms with Crippen molar-refractivity contribution in [3.63, 3.8) is 0 Å². The van der Waals surface area contributed by atoms with Gasteiger partial charge in [0.05, 0.1) is 17.4 Å². The third-order valence-electron chi connectivity index (χ3n) is 3.68. The number of carbonyl (C=O) groups is 1. The van der Waals surface area contributed by atoms with Gasteiger partial charge in [-0.05, 0) is 31.4 Å². The van der Waals surface area contributed by atoms with Gasteiger partial charge >= 0.3 is 0 Å². The van der Waals surface area contributed by atoms with E-state index in [1.807, 2.05) is 18.2 Å². The third-order valence-corrected chi connectivity index (χ3v) is 3.68. The van der Waals surface area contributed by atoms with E-state index in [0.29, 0.717) is 18.9 Å². The molecule has 2 rings (SSSR count). The van der Waals surface area contributed by atoms with Crippen LogP contribution in [0.15, 0.2) is 24.4 Å². The number of nitrogens with zero attached hydrogens (tertiary/aromatic N) is 1. The van der Waals surface area contributed by atoms with E-state index in [4.69, 9.17) is 5.73 Å². The number of H-pyrrole nitrogens is 1. The average molecular weight is 274 g/mol. The summed E-state index contributed by atoms with van der Waals surface area (Å²) in [5.74, 6) is 0.580.